The Hall–Kier alpha value is -3.83. The van der Waals surface area contributed by atoms with E-state index in [0.717, 1.165) is 34.7 Å². The molecule has 0 atom stereocenters. The Labute approximate surface area is 312 Å². The van der Waals surface area contributed by atoms with E-state index < -0.39 is 5.60 Å². The van der Waals surface area contributed by atoms with Crippen molar-refractivity contribution in [3.05, 3.63) is 122 Å². The molecule has 4 aromatic rings. The van der Waals surface area contributed by atoms with Gasteiger partial charge in [-0.25, -0.2) is 4.98 Å². The van der Waals surface area contributed by atoms with Crippen LogP contribution in [0.4, 0.5) is 0 Å². The lowest BCUT2D eigenvalue weighted by Crippen LogP contribution is -2.46. The van der Waals surface area contributed by atoms with Crippen LogP contribution in [0, 0.1) is 38.0 Å². The third-order valence-corrected chi connectivity index (χ3v) is 9.52. The zero-order valence-corrected chi connectivity index (χ0v) is 33.4. The minimum Gasteiger partial charge on any atom is -0.473 e. The highest BCUT2D eigenvalue weighted by Crippen LogP contribution is 2.30. The lowest BCUT2D eigenvalue weighted by Gasteiger charge is -2.37. The van der Waals surface area contributed by atoms with Gasteiger partial charge in [-0.2, -0.15) is 5.26 Å². The zero-order valence-electron chi connectivity index (χ0n) is 32.6. The Kier molecular flexibility index (Phi) is 19.4. The highest BCUT2D eigenvalue weighted by atomic mass is 32.1. The number of thiazole rings is 1. The van der Waals surface area contributed by atoms with E-state index >= 15 is 0 Å². The third-order valence-electron chi connectivity index (χ3n) is 8.60. The molecular weight excluding hydrogens is 651 g/mol. The highest BCUT2D eigenvalue weighted by molar-refractivity contribution is 7.09. The summed E-state index contributed by atoms with van der Waals surface area (Å²) >= 11 is 1.71. The molecule has 276 valence electrons. The molecule has 1 N–H and O–H groups in total. The predicted molar refractivity (Wildman–Crippen MR) is 213 cm³/mol. The number of pyridine rings is 1. The summed E-state index contributed by atoms with van der Waals surface area (Å²) in [5.41, 5.74) is 9.84. The Morgan fingerprint density at radius 1 is 1.00 bits per heavy atom. The normalized spacial score (nSPS) is 12.6. The van der Waals surface area contributed by atoms with E-state index in [4.69, 9.17) is 19.7 Å². The van der Waals surface area contributed by atoms with Gasteiger partial charge >= 0.3 is 0 Å². The van der Waals surface area contributed by atoms with E-state index in [1.807, 2.05) is 67.2 Å². The summed E-state index contributed by atoms with van der Waals surface area (Å²) in [6, 6.07) is 19.9. The van der Waals surface area contributed by atoms with Crippen molar-refractivity contribution < 1.29 is 14.6 Å². The van der Waals surface area contributed by atoms with Crippen molar-refractivity contribution in [3.63, 3.8) is 0 Å². The van der Waals surface area contributed by atoms with Crippen molar-refractivity contribution in [3.8, 4) is 11.9 Å². The first kappa shape index (κ1) is 43.3. The topological polar surface area (TPSA) is 88.3 Å². The minimum absolute atomic E-state index is 0.426. The van der Waals surface area contributed by atoms with E-state index in [1.54, 1.807) is 11.3 Å². The molecule has 1 saturated heterocycles. The molecule has 3 heterocycles. The van der Waals surface area contributed by atoms with Crippen LogP contribution in [0.15, 0.2) is 78.5 Å². The van der Waals surface area contributed by atoms with Gasteiger partial charge in [-0.05, 0) is 105 Å². The summed E-state index contributed by atoms with van der Waals surface area (Å²) in [4.78, 5) is 9.99. The maximum atomic E-state index is 9.97. The number of hydrogen-bond donors (Lipinski definition) is 1. The Morgan fingerprint density at radius 3 is 2.16 bits per heavy atom. The van der Waals surface area contributed by atoms with E-state index in [0.29, 0.717) is 37.2 Å². The number of ether oxygens (including phenoxy) is 2. The van der Waals surface area contributed by atoms with Crippen molar-refractivity contribution in [1.82, 2.24) is 9.97 Å². The van der Waals surface area contributed by atoms with E-state index in [9.17, 15) is 5.11 Å². The van der Waals surface area contributed by atoms with E-state index in [2.05, 4.69) is 79.1 Å². The quantitative estimate of drug-likeness (QED) is 0.147. The molecule has 1 fully saturated rings. The molecule has 6 nitrogen and oxygen atoms in total. The Balaban J connectivity index is 0.000000276. The van der Waals surface area contributed by atoms with Crippen LogP contribution >= 0.6 is 11.3 Å². The minimum atomic E-state index is -0.724. The molecule has 2 aromatic carbocycles. The fourth-order valence-corrected chi connectivity index (χ4v) is 6.11. The number of nitriles is 1. The molecule has 1 aliphatic rings. The summed E-state index contributed by atoms with van der Waals surface area (Å²) in [5.74, 6) is 1.96. The first-order chi connectivity index (χ1) is 24.3. The van der Waals surface area contributed by atoms with Crippen molar-refractivity contribution in [2.24, 2.45) is 5.92 Å². The first-order valence-corrected chi connectivity index (χ1v) is 19.2. The van der Waals surface area contributed by atoms with Crippen molar-refractivity contribution in [2.45, 2.75) is 119 Å². The monoisotopic (exact) mass is 711 g/mol. The Morgan fingerprint density at radius 2 is 1.71 bits per heavy atom. The maximum Gasteiger partial charge on any atom is 0.213 e. The van der Waals surface area contributed by atoms with Crippen molar-refractivity contribution in [2.75, 3.05) is 13.2 Å². The fraction of sp³-hybridized carbons (Fsp3) is 0.477. The van der Waals surface area contributed by atoms with Crippen LogP contribution in [0.3, 0.4) is 0 Å². The van der Waals surface area contributed by atoms with Crippen LogP contribution in [0.1, 0.15) is 124 Å². The van der Waals surface area contributed by atoms with Gasteiger partial charge in [0.1, 0.15) is 12.2 Å². The number of aromatic nitrogens is 2. The molecular formula is C44H61N3O3S. The summed E-state index contributed by atoms with van der Waals surface area (Å²) in [6.07, 6.45) is 8.86. The molecule has 0 aliphatic carbocycles. The van der Waals surface area contributed by atoms with Gasteiger partial charge < -0.3 is 14.6 Å². The molecule has 2 aromatic heterocycles. The number of aryl methyl sites for hydroxylation is 4. The Bertz CT molecular complexity index is 1630. The number of benzene rings is 2. The number of hydrogen-bond acceptors (Lipinski definition) is 7. The lowest BCUT2D eigenvalue weighted by atomic mass is 9.90. The SMILES string of the molecule is C=C(C)CC(C)C.CCCC(CCC)c1cccc(OCc2ccc(C#N)cc2C)n1.CCc1cncs1.Cc1ccc(C2(O)COC2)cc1C. The molecule has 0 bridgehead atoms. The molecule has 51 heavy (non-hydrogen) atoms. The third kappa shape index (κ3) is 15.5. The van der Waals surface area contributed by atoms with Crippen LogP contribution in [0.25, 0.3) is 0 Å². The maximum absolute atomic E-state index is 9.97. The van der Waals surface area contributed by atoms with Gasteiger partial charge in [0.05, 0.1) is 30.4 Å². The van der Waals surface area contributed by atoms with Gasteiger partial charge in [-0.15, -0.1) is 17.9 Å². The molecule has 0 unspecified atom stereocenters. The largest absolute Gasteiger partial charge is 0.473 e. The lowest BCUT2D eigenvalue weighted by molar-refractivity contribution is -0.184. The molecule has 0 amide bonds. The van der Waals surface area contributed by atoms with Gasteiger partial charge in [-0.1, -0.05) is 83.4 Å². The van der Waals surface area contributed by atoms with Gasteiger partial charge in [0, 0.05) is 28.8 Å². The van der Waals surface area contributed by atoms with Crippen LogP contribution in [-0.2, 0) is 23.4 Å². The van der Waals surface area contributed by atoms with Gasteiger partial charge in [-0.3, -0.25) is 4.98 Å². The van der Waals surface area contributed by atoms with Gasteiger partial charge in [0.15, 0.2) is 0 Å². The second kappa shape index (κ2) is 22.9. The number of aliphatic hydroxyl groups is 1. The van der Waals surface area contributed by atoms with Crippen molar-refractivity contribution >= 4 is 11.3 Å². The molecule has 0 saturated carbocycles. The summed E-state index contributed by atoms with van der Waals surface area (Å²) < 4.78 is 10.9. The molecule has 0 spiro atoms. The summed E-state index contributed by atoms with van der Waals surface area (Å²) in [5, 5.41) is 18.9. The van der Waals surface area contributed by atoms with Crippen LogP contribution in [0.2, 0.25) is 0 Å². The fourth-order valence-electron chi connectivity index (χ4n) is 5.56. The molecule has 5 rings (SSSR count). The summed E-state index contributed by atoms with van der Waals surface area (Å²) in [6.45, 7) is 24.3. The second-order valence-electron chi connectivity index (χ2n) is 13.9. The van der Waals surface area contributed by atoms with Crippen molar-refractivity contribution in [1.29, 1.82) is 5.26 Å². The number of allylic oxidation sites excluding steroid dienone is 1. The zero-order chi connectivity index (χ0) is 37.8. The van der Waals surface area contributed by atoms with Crippen LogP contribution in [-0.4, -0.2) is 28.3 Å². The van der Waals surface area contributed by atoms with Crippen LogP contribution in [0.5, 0.6) is 5.88 Å². The molecule has 0 radical (unpaired) electrons. The van der Waals surface area contributed by atoms with Crippen LogP contribution < -0.4 is 4.74 Å². The highest BCUT2D eigenvalue weighted by Gasteiger charge is 2.37. The molecule has 7 heteroatoms. The second-order valence-corrected chi connectivity index (χ2v) is 14.9. The summed E-state index contributed by atoms with van der Waals surface area (Å²) in [7, 11) is 0. The van der Waals surface area contributed by atoms with E-state index in [1.165, 1.54) is 53.7 Å². The standard InChI is InChI=1S/C21H26N2O.C11H14O2.C7H14.C5H7NS/c1-4-7-18(8-5-2)20-9-6-10-21(23-20)24-15-19-12-11-17(14-22)13-16(19)3;1-8-3-4-10(5-9(8)2)11(12)6-13-7-11;1-6(2)5-7(3)4;1-2-5-3-6-4-7-5/h6,9-13,18H,4-5,7-8,15H2,1-3H3;3-5,12H,6-7H2,1-2H3;7H,1,5H2,2-4H3;3-4H,2H2,1H3. The van der Waals surface area contributed by atoms with Gasteiger partial charge in [0.2, 0.25) is 5.88 Å². The predicted octanol–water partition coefficient (Wildman–Crippen LogP) is 11.4. The number of nitrogens with zero attached hydrogens (tertiary/aromatic N) is 3. The van der Waals surface area contributed by atoms with Gasteiger partial charge in [0.25, 0.3) is 0 Å². The average molecular weight is 712 g/mol. The smallest absolute Gasteiger partial charge is 0.213 e. The first-order valence-electron chi connectivity index (χ1n) is 18.3. The number of rotatable bonds is 12. The molecule has 1 aliphatic heterocycles. The average Bonchev–Trinajstić information content (AvgIpc) is 3.63. The van der Waals surface area contributed by atoms with E-state index in [-0.39, 0.29) is 0 Å².